The number of aldehydes is 1. The van der Waals surface area contributed by atoms with Gasteiger partial charge in [-0.3, -0.25) is 4.79 Å². The van der Waals surface area contributed by atoms with Gasteiger partial charge < -0.3 is 9.09 Å². The molecular weight excluding hydrogens is 208 g/mol. The van der Waals surface area contributed by atoms with Crippen molar-refractivity contribution >= 4 is 6.29 Å². The average Bonchev–Trinajstić information content (AvgIpc) is 2.87. The molecular formula is C10H12N4O2. The molecule has 2 rings (SSSR count). The first-order chi connectivity index (χ1) is 7.70. The fourth-order valence-electron chi connectivity index (χ4n) is 1.29. The van der Waals surface area contributed by atoms with E-state index >= 15 is 0 Å². The van der Waals surface area contributed by atoms with Crippen LogP contribution in [0, 0.1) is 0 Å². The molecule has 2 aromatic heterocycles. The van der Waals surface area contributed by atoms with E-state index in [0.717, 1.165) is 0 Å². The summed E-state index contributed by atoms with van der Waals surface area (Å²) in [5.74, 6) is 1.71. The number of imidazole rings is 1. The lowest BCUT2D eigenvalue weighted by molar-refractivity contribution is 0.111. The first kappa shape index (κ1) is 10.5. The Morgan fingerprint density at radius 1 is 1.56 bits per heavy atom. The second-order valence-electron chi connectivity index (χ2n) is 3.73. The Balaban J connectivity index is 2.17. The van der Waals surface area contributed by atoms with Crippen LogP contribution in [-0.2, 0) is 6.54 Å². The number of rotatable bonds is 4. The van der Waals surface area contributed by atoms with Crippen LogP contribution in [-0.4, -0.2) is 26.0 Å². The Kier molecular flexibility index (Phi) is 2.80. The third-order valence-electron chi connectivity index (χ3n) is 2.14. The minimum absolute atomic E-state index is 0.203. The van der Waals surface area contributed by atoms with Crippen LogP contribution in [0.4, 0.5) is 0 Å². The lowest BCUT2D eigenvalue weighted by Crippen LogP contribution is -2.04. The standard InChI is InChI=1S/C10H12N4O2/c1-7(2)10-12-8(13-16-10)5-14-4-3-11-9(14)6-15/h3-4,6-7H,5H2,1-2H3. The quantitative estimate of drug-likeness (QED) is 0.725. The maximum atomic E-state index is 10.6. The van der Waals surface area contributed by atoms with E-state index in [-0.39, 0.29) is 5.92 Å². The maximum absolute atomic E-state index is 10.6. The molecule has 0 saturated carbocycles. The van der Waals surface area contributed by atoms with Gasteiger partial charge in [-0.15, -0.1) is 0 Å². The van der Waals surface area contributed by atoms with Gasteiger partial charge in [-0.05, 0) is 0 Å². The van der Waals surface area contributed by atoms with Gasteiger partial charge in [0.1, 0.15) is 0 Å². The third-order valence-corrected chi connectivity index (χ3v) is 2.14. The van der Waals surface area contributed by atoms with Gasteiger partial charge in [0.15, 0.2) is 17.9 Å². The smallest absolute Gasteiger partial charge is 0.229 e. The van der Waals surface area contributed by atoms with Crippen molar-refractivity contribution in [2.24, 2.45) is 0 Å². The van der Waals surface area contributed by atoms with Gasteiger partial charge in [0, 0.05) is 18.3 Å². The normalized spacial score (nSPS) is 10.9. The Morgan fingerprint density at radius 2 is 2.38 bits per heavy atom. The highest BCUT2D eigenvalue weighted by Gasteiger charge is 2.11. The molecule has 0 unspecified atom stereocenters. The van der Waals surface area contributed by atoms with Crippen molar-refractivity contribution in [2.45, 2.75) is 26.3 Å². The topological polar surface area (TPSA) is 73.8 Å². The van der Waals surface area contributed by atoms with Gasteiger partial charge in [0.25, 0.3) is 0 Å². The summed E-state index contributed by atoms with van der Waals surface area (Å²) in [5, 5.41) is 3.84. The molecule has 0 bridgehead atoms. The molecule has 0 saturated heterocycles. The average molecular weight is 220 g/mol. The molecule has 0 aromatic carbocycles. The highest BCUT2D eigenvalue weighted by molar-refractivity contribution is 5.69. The largest absolute Gasteiger partial charge is 0.339 e. The summed E-state index contributed by atoms with van der Waals surface area (Å²) < 4.78 is 6.73. The van der Waals surface area contributed by atoms with Crippen molar-refractivity contribution in [3.05, 3.63) is 29.9 Å². The molecule has 2 aromatic rings. The zero-order valence-corrected chi connectivity index (χ0v) is 9.12. The Hall–Kier alpha value is -1.98. The van der Waals surface area contributed by atoms with E-state index in [4.69, 9.17) is 4.52 Å². The molecule has 0 spiro atoms. The molecule has 0 fully saturated rings. The predicted octanol–water partition coefficient (Wildman–Crippen LogP) is 1.25. The fourth-order valence-corrected chi connectivity index (χ4v) is 1.29. The minimum Gasteiger partial charge on any atom is -0.339 e. The SMILES string of the molecule is CC(C)c1nc(Cn2ccnc2C=O)no1. The van der Waals surface area contributed by atoms with Crippen molar-refractivity contribution < 1.29 is 9.32 Å². The summed E-state index contributed by atoms with van der Waals surface area (Å²) in [5.41, 5.74) is 0. The molecule has 6 heteroatoms. The monoisotopic (exact) mass is 220 g/mol. The van der Waals surface area contributed by atoms with E-state index in [9.17, 15) is 4.79 Å². The van der Waals surface area contributed by atoms with Crippen molar-refractivity contribution in [1.82, 2.24) is 19.7 Å². The molecule has 0 radical (unpaired) electrons. The number of hydrogen-bond donors (Lipinski definition) is 0. The molecule has 6 nitrogen and oxygen atoms in total. The van der Waals surface area contributed by atoms with E-state index < -0.39 is 0 Å². The Bertz CT molecular complexity index is 486. The van der Waals surface area contributed by atoms with E-state index in [1.165, 1.54) is 0 Å². The molecule has 2 heterocycles. The summed E-state index contributed by atoms with van der Waals surface area (Å²) >= 11 is 0. The number of carbonyl (C=O) groups excluding carboxylic acids is 1. The fraction of sp³-hybridized carbons (Fsp3) is 0.400. The molecule has 16 heavy (non-hydrogen) atoms. The molecule has 0 aliphatic carbocycles. The van der Waals surface area contributed by atoms with E-state index in [1.54, 1.807) is 17.0 Å². The summed E-state index contributed by atoms with van der Waals surface area (Å²) in [6.45, 7) is 4.35. The number of aromatic nitrogens is 4. The maximum Gasteiger partial charge on any atom is 0.229 e. The zero-order chi connectivity index (χ0) is 11.5. The highest BCUT2D eigenvalue weighted by atomic mass is 16.5. The molecule has 0 amide bonds. The lowest BCUT2D eigenvalue weighted by atomic mass is 10.2. The van der Waals surface area contributed by atoms with Gasteiger partial charge in [0.2, 0.25) is 5.89 Å². The van der Waals surface area contributed by atoms with Crippen molar-refractivity contribution in [2.75, 3.05) is 0 Å². The second-order valence-corrected chi connectivity index (χ2v) is 3.73. The molecule has 0 atom stereocenters. The van der Waals surface area contributed by atoms with Gasteiger partial charge in [-0.1, -0.05) is 19.0 Å². The number of nitrogens with zero attached hydrogens (tertiary/aromatic N) is 4. The summed E-state index contributed by atoms with van der Waals surface area (Å²) in [6.07, 6.45) is 3.96. The van der Waals surface area contributed by atoms with Gasteiger partial charge in [-0.25, -0.2) is 4.98 Å². The van der Waals surface area contributed by atoms with Gasteiger partial charge >= 0.3 is 0 Å². The van der Waals surface area contributed by atoms with Crippen LogP contribution in [0.2, 0.25) is 0 Å². The molecule has 0 aliphatic heterocycles. The third kappa shape index (κ3) is 2.00. The van der Waals surface area contributed by atoms with Crippen molar-refractivity contribution in [3.8, 4) is 0 Å². The molecule has 84 valence electrons. The van der Waals surface area contributed by atoms with Crippen LogP contribution < -0.4 is 0 Å². The van der Waals surface area contributed by atoms with Crippen LogP contribution in [0.1, 0.15) is 42.1 Å². The Labute approximate surface area is 92.3 Å². The van der Waals surface area contributed by atoms with Gasteiger partial charge in [0.05, 0.1) is 6.54 Å². The van der Waals surface area contributed by atoms with Gasteiger partial charge in [-0.2, -0.15) is 4.98 Å². The molecule has 0 N–H and O–H groups in total. The second kappa shape index (κ2) is 4.26. The predicted molar refractivity (Wildman–Crippen MR) is 55.1 cm³/mol. The van der Waals surface area contributed by atoms with E-state index in [2.05, 4.69) is 15.1 Å². The lowest BCUT2D eigenvalue weighted by Gasteiger charge is -1.98. The summed E-state index contributed by atoms with van der Waals surface area (Å²) in [7, 11) is 0. The van der Waals surface area contributed by atoms with Crippen molar-refractivity contribution in [3.63, 3.8) is 0 Å². The van der Waals surface area contributed by atoms with Crippen molar-refractivity contribution in [1.29, 1.82) is 0 Å². The summed E-state index contributed by atoms with van der Waals surface area (Å²) in [4.78, 5) is 18.7. The first-order valence-corrected chi connectivity index (χ1v) is 4.99. The van der Waals surface area contributed by atoms with Crippen LogP contribution in [0.3, 0.4) is 0 Å². The van der Waals surface area contributed by atoms with Crippen LogP contribution in [0.5, 0.6) is 0 Å². The first-order valence-electron chi connectivity index (χ1n) is 4.99. The number of hydrogen-bond acceptors (Lipinski definition) is 5. The van der Waals surface area contributed by atoms with E-state index in [1.807, 2.05) is 13.8 Å². The van der Waals surface area contributed by atoms with Crippen LogP contribution in [0.25, 0.3) is 0 Å². The zero-order valence-electron chi connectivity index (χ0n) is 9.12. The Morgan fingerprint density at radius 3 is 3.00 bits per heavy atom. The van der Waals surface area contributed by atoms with Crippen LogP contribution >= 0.6 is 0 Å². The van der Waals surface area contributed by atoms with Crippen LogP contribution in [0.15, 0.2) is 16.9 Å². The molecule has 0 aliphatic rings. The van der Waals surface area contributed by atoms with E-state index in [0.29, 0.717) is 30.4 Å². The summed E-state index contributed by atoms with van der Waals surface area (Å²) in [6, 6.07) is 0. The minimum atomic E-state index is 0.203. The number of carbonyl (C=O) groups is 1. The highest BCUT2D eigenvalue weighted by Crippen LogP contribution is 2.11.